The van der Waals surface area contributed by atoms with Crippen LogP contribution in [-0.2, 0) is 4.74 Å². The van der Waals surface area contributed by atoms with Crippen LogP contribution in [0.3, 0.4) is 0 Å². The zero-order valence-electron chi connectivity index (χ0n) is 4.64. The molecule has 2 N–H and O–H groups in total. The monoisotopic (exact) mass is 247 g/mol. The summed E-state index contributed by atoms with van der Waals surface area (Å²) in [7, 11) is 0. The molecule has 54 valence electrons. The number of hydrogen-bond acceptors (Lipinski definition) is 2. The normalized spacial score (nSPS) is 12.7. The molecule has 0 aliphatic rings. The maximum atomic E-state index is 12.2. The molecule has 0 aromatic carbocycles. The van der Waals surface area contributed by atoms with Gasteiger partial charge in [0.25, 0.3) is 0 Å². The van der Waals surface area contributed by atoms with Crippen molar-refractivity contribution in [1.82, 2.24) is 0 Å². The van der Waals surface area contributed by atoms with Crippen LogP contribution in [0.2, 0.25) is 0 Å². The van der Waals surface area contributed by atoms with E-state index >= 15 is 0 Å². The first-order valence-electron chi connectivity index (χ1n) is 2.29. The molecule has 0 spiro atoms. The summed E-state index contributed by atoms with van der Waals surface area (Å²) in [6.45, 7) is -0.238. The Balaban J connectivity index is 3.16. The fourth-order valence-corrected chi connectivity index (χ4v) is 0.471. The van der Waals surface area contributed by atoms with Crippen LogP contribution in [0.15, 0.2) is 0 Å². The molecule has 0 saturated carbocycles. The summed E-state index contributed by atoms with van der Waals surface area (Å²) in [6.07, 6.45) is -2.03. The Kier molecular flexibility index (Phi) is 4.74. The highest BCUT2D eigenvalue weighted by Crippen LogP contribution is 1.96. The maximum absolute atomic E-state index is 12.2. The van der Waals surface area contributed by atoms with Gasteiger partial charge in [0.15, 0.2) is 0 Å². The van der Waals surface area contributed by atoms with Crippen molar-refractivity contribution < 1.29 is 13.9 Å². The highest BCUT2D eigenvalue weighted by atomic mass is 127. The lowest BCUT2D eigenvalue weighted by molar-refractivity contribution is 0.127. The van der Waals surface area contributed by atoms with E-state index in [0.29, 0.717) is 4.43 Å². The minimum atomic E-state index is -1.10. The standard InChI is InChI=1S/C4H7FINO2/c5-3(1-6)2-9-4(7)8/h3H,1-2H2,(H2,7,8)/t3-/m0/s1. The van der Waals surface area contributed by atoms with Gasteiger partial charge in [-0.2, -0.15) is 0 Å². The van der Waals surface area contributed by atoms with Crippen molar-refractivity contribution in [3.8, 4) is 0 Å². The van der Waals surface area contributed by atoms with Crippen LogP contribution < -0.4 is 5.73 Å². The molecular formula is C4H7FINO2. The SMILES string of the molecule is NC(=O)OC[C@@H](F)CI. The first-order valence-corrected chi connectivity index (χ1v) is 3.81. The fourth-order valence-electron chi connectivity index (χ4n) is 0.217. The molecule has 9 heavy (non-hydrogen) atoms. The molecule has 0 aliphatic heterocycles. The summed E-state index contributed by atoms with van der Waals surface area (Å²) >= 11 is 1.85. The Morgan fingerprint density at radius 2 is 2.44 bits per heavy atom. The number of halogens is 2. The van der Waals surface area contributed by atoms with Crippen LogP contribution in [0, 0.1) is 0 Å². The van der Waals surface area contributed by atoms with Gasteiger partial charge in [0.05, 0.1) is 0 Å². The molecule has 0 heterocycles. The second-order valence-corrected chi connectivity index (χ2v) is 2.26. The summed E-state index contributed by atoms with van der Waals surface area (Å²) in [5.41, 5.74) is 4.57. The van der Waals surface area contributed by atoms with Gasteiger partial charge in [-0.1, -0.05) is 22.6 Å². The molecule has 0 saturated heterocycles. The van der Waals surface area contributed by atoms with Gasteiger partial charge in [0.2, 0.25) is 0 Å². The number of primary amides is 1. The molecular weight excluding hydrogens is 240 g/mol. The number of hydrogen-bond donors (Lipinski definition) is 1. The smallest absolute Gasteiger partial charge is 0.404 e. The van der Waals surface area contributed by atoms with E-state index in [1.807, 2.05) is 22.6 Å². The third-order valence-electron chi connectivity index (χ3n) is 0.574. The van der Waals surface area contributed by atoms with E-state index in [4.69, 9.17) is 0 Å². The van der Waals surface area contributed by atoms with Gasteiger partial charge in [0.1, 0.15) is 12.8 Å². The van der Waals surface area contributed by atoms with E-state index in [1.54, 1.807) is 0 Å². The summed E-state index contributed by atoms with van der Waals surface area (Å²) in [6, 6.07) is 0. The Hall–Kier alpha value is -0.0700. The minimum absolute atomic E-state index is 0.238. The number of ether oxygens (including phenoxy) is 1. The van der Waals surface area contributed by atoms with Crippen molar-refractivity contribution in [1.29, 1.82) is 0 Å². The number of carbonyl (C=O) groups is 1. The fraction of sp³-hybridized carbons (Fsp3) is 0.750. The summed E-state index contributed by atoms with van der Waals surface area (Å²) in [4.78, 5) is 9.85. The topological polar surface area (TPSA) is 52.3 Å². The molecule has 3 nitrogen and oxygen atoms in total. The molecule has 0 fully saturated rings. The Morgan fingerprint density at radius 1 is 1.89 bits per heavy atom. The lowest BCUT2D eigenvalue weighted by Crippen LogP contribution is -2.20. The number of amides is 1. The highest BCUT2D eigenvalue weighted by molar-refractivity contribution is 14.1. The molecule has 0 rings (SSSR count). The van der Waals surface area contributed by atoms with Gasteiger partial charge in [-0.3, -0.25) is 0 Å². The molecule has 1 atom stereocenters. The van der Waals surface area contributed by atoms with Crippen LogP contribution in [0.5, 0.6) is 0 Å². The molecule has 0 aliphatic carbocycles. The van der Waals surface area contributed by atoms with Crippen LogP contribution in [-0.4, -0.2) is 23.3 Å². The number of carbonyl (C=O) groups excluding carboxylic acids is 1. The van der Waals surface area contributed by atoms with E-state index in [1.165, 1.54) is 0 Å². The number of rotatable bonds is 3. The van der Waals surface area contributed by atoms with Crippen molar-refractivity contribution in [2.24, 2.45) is 5.73 Å². The molecule has 0 unspecified atom stereocenters. The van der Waals surface area contributed by atoms with E-state index in [-0.39, 0.29) is 6.61 Å². The minimum Gasteiger partial charge on any atom is -0.447 e. The van der Waals surface area contributed by atoms with Crippen LogP contribution >= 0.6 is 22.6 Å². The zero-order valence-corrected chi connectivity index (χ0v) is 6.80. The molecule has 0 aromatic rings. The average Bonchev–Trinajstić information content (AvgIpc) is 1.83. The summed E-state index contributed by atoms with van der Waals surface area (Å²) < 4.78 is 16.6. The Labute approximate surface area is 65.9 Å². The van der Waals surface area contributed by atoms with Crippen molar-refractivity contribution in [3.63, 3.8) is 0 Å². The third-order valence-corrected chi connectivity index (χ3v) is 1.53. The van der Waals surface area contributed by atoms with E-state index in [0.717, 1.165) is 0 Å². The maximum Gasteiger partial charge on any atom is 0.404 e. The predicted molar refractivity (Wildman–Crippen MR) is 39.3 cm³/mol. The van der Waals surface area contributed by atoms with Crippen molar-refractivity contribution >= 4 is 28.7 Å². The molecule has 5 heteroatoms. The van der Waals surface area contributed by atoms with E-state index in [9.17, 15) is 9.18 Å². The summed E-state index contributed by atoms with van der Waals surface area (Å²) in [5, 5.41) is 0. The van der Waals surface area contributed by atoms with E-state index < -0.39 is 12.3 Å². The Bertz CT molecular complexity index is 101. The quantitative estimate of drug-likeness (QED) is 0.593. The van der Waals surface area contributed by atoms with Crippen molar-refractivity contribution in [2.45, 2.75) is 6.17 Å². The van der Waals surface area contributed by atoms with Gasteiger partial charge in [0, 0.05) is 4.43 Å². The molecule has 0 aromatic heterocycles. The molecule has 0 bridgehead atoms. The van der Waals surface area contributed by atoms with Gasteiger partial charge >= 0.3 is 6.09 Å². The lowest BCUT2D eigenvalue weighted by Gasteiger charge is -2.02. The first kappa shape index (κ1) is 8.93. The van der Waals surface area contributed by atoms with Gasteiger partial charge in [-0.25, -0.2) is 9.18 Å². The van der Waals surface area contributed by atoms with Crippen LogP contribution in [0.25, 0.3) is 0 Å². The van der Waals surface area contributed by atoms with Crippen LogP contribution in [0.4, 0.5) is 9.18 Å². The van der Waals surface area contributed by atoms with Gasteiger partial charge in [-0.15, -0.1) is 0 Å². The largest absolute Gasteiger partial charge is 0.447 e. The first-order chi connectivity index (χ1) is 4.16. The van der Waals surface area contributed by atoms with Gasteiger partial charge in [-0.05, 0) is 0 Å². The Morgan fingerprint density at radius 3 is 2.78 bits per heavy atom. The number of alkyl halides is 2. The second-order valence-electron chi connectivity index (χ2n) is 1.38. The predicted octanol–water partition coefficient (Wildman–Crippen LogP) is 0.855. The lowest BCUT2D eigenvalue weighted by atomic mass is 10.5. The second kappa shape index (κ2) is 4.78. The third kappa shape index (κ3) is 5.81. The van der Waals surface area contributed by atoms with Crippen molar-refractivity contribution in [3.05, 3.63) is 0 Å². The molecule has 0 radical (unpaired) electrons. The van der Waals surface area contributed by atoms with Gasteiger partial charge < -0.3 is 10.5 Å². The molecule has 1 amide bonds. The summed E-state index contributed by atoms with van der Waals surface area (Å²) in [5.74, 6) is 0. The van der Waals surface area contributed by atoms with Crippen molar-refractivity contribution in [2.75, 3.05) is 11.0 Å². The van der Waals surface area contributed by atoms with E-state index in [2.05, 4.69) is 10.5 Å². The zero-order chi connectivity index (χ0) is 7.28. The van der Waals surface area contributed by atoms with Crippen LogP contribution in [0.1, 0.15) is 0 Å². The average molecular weight is 247 g/mol. The highest BCUT2D eigenvalue weighted by Gasteiger charge is 2.04. The number of nitrogens with two attached hydrogens (primary N) is 1.